The first kappa shape index (κ1) is 11.7. The third-order valence-corrected chi connectivity index (χ3v) is 4.53. The van der Waals surface area contributed by atoms with E-state index < -0.39 is 6.10 Å². The molecule has 1 amide bonds. The number of Topliss-reactive ketones (excluding diaryl/α,β-unsaturated/α-hetero) is 1. The number of nitrogens with one attached hydrogen (secondary N) is 1. The Morgan fingerprint density at radius 2 is 2.00 bits per heavy atom. The summed E-state index contributed by atoms with van der Waals surface area (Å²) in [7, 11) is 0. The molecule has 3 fully saturated rings. The molecule has 2 saturated carbocycles. The van der Waals surface area contributed by atoms with E-state index in [0.717, 1.165) is 19.3 Å². The number of rotatable bonds is 2. The number of ketones is 1. The average Bonchev–Trinajstić information content (AvgIpc) is 2.92. The minimum absolute atomic E-state index is 0.0140. The molecule has 3 rings (SSSR count). The monoisotopic (exact) mass is 251 g/mol. The first-order chi connectivity index (χ1) is 8.61. The molecular formula is C13H17NO4. The number of carbonyl (C=O) groups excluding carboxylic acids is 3. The predicted molar refractivity (Wildman–Crippen MR) is 61.5 cm³/mol. The van der Waals surface area contributed by atoms with E-state index in [9.17, 15) is 14.4 Å². The molecule has 18 heavy (non-hydrogen) atoms. The van der Waals surface area contributed by atoms with Crippen LogP contribution in [0.5, 0.6) is 0 Å². The van der Waals surface area contributed by atoms with Crippen molar-refractivity contribution in [2.45, 2.75) is 44.6 Å². The van der Waals surface area contributed by atoms with Crippen molar-refractivity contribution in [1.29, 1.82) is 0 Å². The lowest BCUT2D eigenvalue weighted by atomic mass is 9.84. The van der Waals surface area contributed by atoms with Crippen molar-refractivity contribution in [3.05, 3.63) is 0 Å². The molecule has 0 bridgehead atoms. The van der Waals surface area contributed by atoms with Gasteiger partial charge in [0.1, 0.15) is 5.78 Å². The number of esters is 1. The standard InChI is InChI=1S/C13H17NO4/c15-8-1-4-13(5-2-8)7-9(13)12(17)18-10-3-6-14-11(10)16/h9-10H,1-7H2,(H,14,16)/t9?,10-/m0/s1. The summed E-state index contributed by atoms with van der Waals surface area (Å²) in [6.45, 7) is 0.584. The Morgan fingerprint density at radius 1 is 1.28 bits per heavy atom. The highest BCUT2D eigenvalue weighted by Crippen LogP contribution is 2.61. The van der Waals surface area contributed by atoms with E-state index in [4.69, 9.17) is 4.74 Å². The molecule has 5 heteroatoms. The lowest BCUT2D eigenvalue weighted by Gasteiger charge is -2.21. The Bertz CT molecular complexity index is 407. The summed E-state index contributed by atoms with van der Waals surface area (Å²) in [6, 6.07) is 0. The van der Waals surface area contributed by atoms with Crippen LogP contribution in [0.2, 0.25) is 0 Å². The molecule has 3 aliphatic rings. The highest BCUT2D eigenvalue weighted by Gasteiger charge is 2.59. The van der Waals surface area contributed by atoms with Crippen molar-refractivity contribution >= 4 is 17.7 Å². The van der Waals surface area contributed by atoms with E-state index in [-0.39, 0.29) is 23.2 Å². The van der Waals surface area contributed by atoms with Gasteiger partial charge >= 0.3 is 5.97 Å². The van der Waals surface area contributed by atoms with E-state index in [1.165, 1.54) is 0 Å². The summed E-state index contributed by atoms with van der Waals surface area (Å²) in [5, 5.41) is 2.65. The molecule has 1 spiro atoms. The van der Waals surface area contributed by atoms with Crippen molar-refractivity contribution in [2.24, 2.45) is 11.3 Å². The molecule has 1 aliphatic heterocycles. The van der Waals surface area contributed by atoms with Gasteiger partial charge in [0.05, 0.1) is 5.92 Å². The molecule has 98 valence electrons. The molecule has 0 aromatic carbocycles. The third kappa shape index (κ3) is 1.91. The van der Waals surface area contributed by atoms with Gasteiger partial charge in [-0.25, -0.2) is 0 Å². The highest BCUT2D eigenvalue weighted by molar-refractivity contribution is 5.87. The number of amides is 1. The number of hydrogen-bond acceptors (Lipinski definition) is 4. The topological polar surface area (TPSA) is 72.5 Å². The van der Waals surface area contributed by atoms with Crippen molar-refractivity contribution in [3.63, 3.8) is 0 Å². The molecule has 0 aromatic rings. The molecule has 1 N–H and O–H groups in total. The number of hydrogen-bond donors (Lipinski definition) is 1. The van der Waals surface area contributed by atoms with E-state index in [2.05, 4.69) is 5.32 Å². The van der Waals surface area contributed by atoms with Gasteiger partial charge in [-0.2, -0.15) is 0 Å². The minimum atomic E-state index is -0.597. The Balaban J connectivity index is 1.56. The third-order valence-electron chi connectivity index (χ3n) is 4.53. The summed E-state index contributed by atoms with van der Waals surface area (Å²) in [4.78, 5) is 34.5. The van der Waals surface area contributed by atoms with Crippen LogP contribution in [0.1, 0.15) is 38.5 Å². The van der Waals surface area contributed by atoms with Crippen molar-refractivity contribution in [3.8, 4) is 0 Å². The van der Waals surface area contributed by atoms with Crippen LogP contribution in [0.15, 0.2) is 0 Å². The molecule has 2 atom stereocenters. The first-order valence-corrected chi connectivity index (χ1v) is 6.61. The van der Waals surface area contributed by atoms with Crippen LogP contribution < -0.4 is 5.32 Å². The van der Waals surface area contributed by atoms with E-state index in [1.54, 1.807) is 0 Å². The van der Waals surface area contributed by atoms with Crippen molar-refractivity contribution < 1.29 is 19.1 Å². The summed E-state index contributed by atoms with van der Waals surface area (Å²) < 4.78 is 5.27. The van der Waals surface area contributed by atoms with Crippen LogP contribution in [0, 0.1) is 11.3 Å². The number of carbonyl (C=O) groups is 3. The second-order valence-corrected chi connectivity index (χ2v) is 5.66. The zero-order chi connectivity index (χ0) is 12.8. The van der Waals surface area contributed by atoms with Gasteiger partial charge in [0.15, 0.2) is 6.10 Å². The van der Waals surface area contributed by atoms with Crippen LogP contribution >= 0.6 is 0 Å². The Morgan fingerprint density at radius 3 is 2.61 bits per heavy atom. The van der Waals surface area contributed by atoms with E-state index in [1.807, 2.05) is 0 Å². The van der Waals surface area contributed by atoms with Crippen LogP contribution in [-0.4, -0.2) is 30.3 Å². The summed E-state index contributed by atoms with van der Waals surface area (Å²) in [5.41, 5.74) is 0.0140. The smallest absolute Gasteiger partial charge is 0.310 e. The maximum Gasteiger partial charge on any atom is 0.310 e. The Kier molecular flexibility index (Phi) is 2.64. The number of ether oxygens (including phenoxy) is 1. The Hall–Kier alpha value is -1.39. The van der Waals surface area contributed by atoms with Gasteiger partial charge in [-0.05, 0) is 24.7 Å². The lowest BCUT2D eigenvalue weighted by molar-refractivity contribution is -0.156. The van der Waals surface area contributed by atoms with Crippen molar-refractivity contribution in [2.75, 3.05) is 6.54 Å². The zero-order valence-corrected chi connectivity index (χ0v) is 10.2. The molecule has 1 heterocycles. The van der Waals surface area contributed by atoms with Gasteiger partial charge in [0, 0.05) is 25.8 Å². The molecule has 1 saturated heterocycles. The molecule has 0 aromatic heterocycles. The van der Waals surface area contributed by atoms with Gasteiger partial charge in [-0.3, -0.25) is 14.4 Å². The van der Waals surface area contributed by atoms with Gasteiger partial charge in [0.2, 0.25) is 0 Å². The molecule has 5 nitrogen and oxygen atoms in total. The fraction of sp³-hybridized carbons (Fsp3) is 0.769. The SMILES string of the molecule is O=C1CCC2(CC1)CC2C(=O)O[C@H]1CCNC1=O. The summed E-state index contributed by atoms with van der Waals surface area (Å²) in [6.07, 6.45) is 3.60. The zero-order valence-electron chi connectivity index (χ0n) is 10.2. The summed E-state index contributed by atoms with van der Waals surface area (Å²) in [5.74, 6) is -0.211. The normalized spacial score (nSPS) is 33.3. The fourth-order valence-electron chi connectivity index (χ4n) is 3.17. The van der Waals surface area contributed by atoms with Crippen molar-refractivity contribution in [1.82, 2.24) is 5.32 Å². The average molecular weight is 251 g/mol. The lowest BCUT2D eigenvalue weighted by Crippen LogP contribution is -2.29. The molecular weight excluding hydrogens is 234 g/mol. The Labute approximate surface area is 105 Å². The van der Waals surface area contributed by atoms with Gasteiger partial charge in [0.25, 0.3) is 5.91 Å². The molecule has 0 radical (unpaired) electrons. The minimum Gasteiger partial charge on any atom is -0.452 e. The maximum atomic E-state index is 12.0. The highest BCUT2D eigenvalue weighted by atomic mass is 16.5. The maximum absolute atomic E-state index is 12.0. The quantitative estimate of drug-likeness (QED) is 0.728. The largest absolute Gasteiger partial charge is 0.452 e. The fourth-order valence-corrected chi connectivity index (χ4v) is 3.17. The summed E-state index contributed by atoms with van der Waals surface area (Å²) >= 11 is 0. The van der Waals surface area contributed by atoms with Gasteiger partial charge in [-0.1, -0.05) is 0 Å². The van der Waals surface area contributed by atoms with Crippen LogP contribution in [0.25, 0.3) is 0 Å². The first-order valence-electron chi connectivity index (χ1n) is 6.61. The molecule has 1 unspecified atom stereocenters. The van der Waals surface area contributed by atoms with E-state index in [0.29, 0.717) is 31.6 Å². The van der Waals surface area contributed by atoms with Crippen LogP contribution in [-0.2, 0) is 19.1 Å². The second-order valence-electron chi connectivity index (χ2n) is 5.66. The van der Waals surface area contributed by atoms with Gasteiger partial charge in [-0.15, -0.1) is 0 Å². The second kappa shape index (κ2) is 4.07. The van der Waals surface area contributed by atoms with Crippen LogP contribution in [0.3, 0.4) is 0 Å². The predicted octanol–water partition coefficient (Wildman–Crippen LogP) is 0.567. The van der Waals surface area contributed by atoms with Crippen LogP contribution in [0.4, 0.5) is 0 Å². The van der Waals surface area contributed by atoms with Gasteiger partial charge < -0.3 is 10.1 Å². The van der Waals surface area contributed by atoms with E-state index >= 15 is 0 Å². The molecule has 2 aliphatic carbocycles.